The molecule has 1 heterocycles. The van der Waals surface area contributed by atoms with E-state index in [1.54, 1.807) is 0 Å². The SMILES string of the molecule is CCCCC(CC)CNC1C(=O)Nc2ccc(C)cc21. The van der Waals surface area contributed by atoms with Crippen LogP contribution in [0.5, 0.6) is 0 Å². The zero-order valence-corrected chi connectivity index (χ0v) is 12.8. The lowest BCUT2D eigenvalue weighted by atomic mass is 9.98. The van der Waals surface area contributed by atoms with E-state index in [0.717, 1.165) is 17.8 Å². The molecule has 0 saturated heterocycles. The maximum atomic E-state index is 12.1. The molecule has 1 aliphatic heterocycles. The number of unbranched alkanes of at least 4 members (excludes halogenated alkanes) is 1. The Balaban J connectivity index is 1.99. The maximum Gasteiger partial charge on any atom is 0.246 e. The van der Waals surface area contributed by atoms with E-state index >= 15 is 0 Å². The Morgan fingerprint density at radius 2 is 2.15 bits per heavy atom. The number of hydrogen-bond acceptors (Lipinski definition) is 2. The summed E-state index contributed by atoms with van der Waals surface area (Å²) in [6.45, 7) is 7.44. The minimum Gasteiger partial charge on any atom is -0.324 e. The third-order valence-corrected chi connectivity index (χ3v) is 4.19. The number of fused-ring (bicyclic) bond motifs is 1. The van der Waals surface area contributed by atoms with E-state index in [1.165, 1.54) is 31.2 Å². The van der Waals surface area contributed by atoms with Gasteiger partial charge in [0.25, 0.3) is 0 Å². The first-order chi connectivity index (χ1) is 9.65. The predicted molar refractivity (Wildman–Crippen MR) is 83.9 cm³/mol. The summed E-state index contributed by atoms with van der Waals surface area (Å²) in [5, 5.41) is 6.42. The van der Waals surface area contributed by atoms with Crippen molar-refractivity contribution in [3.05, 3.63) is 29.3 Å². The fraction of sp³-hybridized carbons (Fsp3) is 0.588. The van der Waals surface area contributed by atoms with Crippen LogP contribution < -0.4 is 10.6 Å². The van der Waals surface area contributed by atoms with Crippen molar-refractivity contribution in [2.75, 3.05) is 11.9 Å². The summed E-state index contributed by atoms with van der Waals surface area (Å²) in [5.74, 6) is 0.743. The quantitative estimate of drug-likeness (QED) is 0.794. The van der Waals surface area contributed by atoms with Gasteiger partial charge in [-0.1, -0.05) is 50.8 Å². The summed E-state index contributed by atoms with van der Waals surface area (Å²) >= 11 is 0. The minimum atomic E-state index is -0.180. The number of carbonyl (C=O) groups excluding carboxylic acids is 1. The fourth-order valence-electron chi connectivity index (χ4n) is 2.81. The first kappa shape index (κ1) is 15.0. The van der Waals surface area contributed by atoms with E-state index in [0.29, 0.717) is 5.92 Å². The van der Waals surface area contributed by atoms with Crippen molar-refractivity contribution >= 4 is 11.6 Å². The van der Waals surface area contributed by atoms with Crippen molar-refractivity contribution in [2.24, 2.45) is 5.92 Å². The molecule has 0 spiro atoms. The van der Waals surface area contributed by atoms with Gasteiger partial charge < -0.3 is 10.6 Å². The summed E-state index contributed by atoms with van der Waals surface area (Å²) in [5.41, 5.74) is 3.25. The van der Waals surface area contributed by atoms with Crippen LogP contribution in [0.25, 0.3) is 0 Å². The summed E-state index contributed by atoms with van der Waals surface area (Å²) in [7, 11) is 0. The lowest BCUT2D eigenvalue weighted by Gasteiger charge is -2.18. The first-order valence-corrected chi connectivity index (χ1v) is 7.80. The summed E-state index contributed by atoms with van der Waals surface area (Å²) in [6.07, 6.45) is 4.92. The van der Waals surface area contributed by atoms with Crippen LogP contribution in [-0.4, -0.2) is 12.5 Å². The number of nitrogens with one attached hydrogen (secondary N) is 2. The second-order valence-corrected chi connectivity index (χ2v) is 5.84. The number of benzene rings is 1. The third kappa shape index (κ3) is 3.40. The number of rotatable bonds is 7. The Morgan fingerprint density at radius 3 is 2.85 bits per heavy atom. The van der Waals surface area contributed by atoms with Crippen molar-refractivity contribution in [3.8, 4) is 0 Å². The van der Waals surface area contributed by atoms with Crippen molar-refractivity contribution in [1.29, 1.82) is 0 Å². The molecule has 0 aliphatic carbocycles. The van der Waals surface area contributed by atoms with E-state index in [4.69, 9.17) is 0 Å². The van der Waals surface area contributed by atoms with Crippen LogP contribution in [0.4, 0.5) is 5.69 Å². The Hall–Kier alpha value is -1.35. The molecule has 2 atom stereocenters. The molecule has 1 aromatic carbocycles. The van der Waals surface area contributed by atoms with Gasteiger partial charge in [0.1, 0.15) is 6.04 Å². The summed E-state index contributed by atoms with van der Waals surface area (Å²) in [6, 6.07) is 5.97. The standard InChI is InChI=1S/C17H26N2O/c1-4-6-7-13(5-2)11-18-16-14-10-12(3)8-9-15(14)19-17(16)20/h8-10,13,16,18H,4-7,11H2,1-3H3,(H,19,20). The number of aryl methyl sites for hydroxylation is 1. The van der Waals surface area contributed by atoms with Gasteiger partial charge in [0.05, 0.1) is 0 Å². The Labute approximate surface area is 122 Å². The van der Waals surface area contributed by atoms with Crippen molar-refractivity contribution in [3.63, 3.8) is 0 Å². The van der Waals surface area contributed by atoms with Crippen LogP contribution in [0.15, 0.2) is 18.2 Å². The van der Waals surface area contributed by atoms with E-state index in [9.17, 15) is 4.79 Å². The normalized spacial score (nSPS) is 18.8. The largest absolute Gasteiger partial charge is 0.324 e. The molecule has 0 radical (unpaired) electrons. The van der Waals surface area contributed by atoms with Crippen LogP contribution in [0.3, 0.4) is 0 Å². The maximum absolute atomic E-state index is 12.1. The molecule has 3 nitrogen and oxygen atoms in total. The third-order valence-electron chi connectivity index (χ3n) is 4.19. The second-order valence-electron chi connectivity index (χ2n) is 5.84. The molecule has 2 rings (SSSR count). The molecule has 3 heteroatoms. The Kier molecular flexibility index (Phi) is 5.18. The van der Waals surface area contributed by atoms with Gasteiger partial charge in [0.15, 0.2) is 0 Å². The predicted octanol–water partition coefficient (Wildman–Crippen LogP) is 3.79. The summed E-state index contributed by atoms with van der Waals surface area (Å²) < 4.78 is 0. The molecule has 1 aliphatic rings. The molecule has 2 N–H and O–H groups in total. The number of anilines is 1. The molecule has 110 valence electrons. The molecule has 20 heavy (non-hydrogen) atoms. The molecule has 2 unspecified atom stereocenters. The van der Waals surface area contributed by atoms with Crippen LogP contribution >= 0.6 is 0 Å². The minimum absolute atomic E-state index is 0.0796. The van der Waals surface area contributed by atoms with E-state index in [2.05, 4.69) is 37.5 Å². The molecule has 0 saturated carbocycles. The average Bonchev–Trinajstić information content (AvgIpc) is 2.74. The number of amides is 1. The lowest BCUT2D eigenvalue weighted by Crippen LogP contribution is -2.31. The monoisotopic (exact) mass is 274 g/mol. The smallest absolute Gasteiger partial charge is 0.246 e. The van der Waals surface area contributed by atoms with Gasteiger partial charge >= 0.3 is 0 Å². The topological polar surface area (TPSA) is 41.1 Å². The molecule has 1 amide bonds. The van der Waals surface area contributed by atoms with Crippen molar-refractivity contribution < 1.29 is 4.79 Å². The van der Waals surface area contributed by atoms with Gasteiger partial charge in [0.2, 0.25) is 5.91 Å². The van der Waals surface area contributed by atoms with Gasteiger partial charge in [0, 0.05) is 11.3 Å². The van der Waals surface area contributed by atoms with E-state index in [-0.39, 0.29) is 11.9 Å². The van der Waals surface area contributed by atoms with Crippen LogP contribution in [0.2, 0.25) is 0 Å². The van der Waals surface area contributed by atoms with Gasteiger partial charge in [-0.05, 0) is 31.9 Å². The molecular weight excluding hydrogens is 248 g/mol. The zero-order chi connectivity index (χ0) is 14.5. The highest BCUT2D eigenvalue weighted by atomic mass is 16.2. The van der Waals surface area contributed by atoms with Gasteiger partial charge in [-0.25, -0.2) is 0 Å². The fourth-order valence-corrected chi connectivity index (χ4v) is 2.81. The zero-order valence-electron chi connectivity index (χ0n) is 12.8. The molecule has 1 aromatic rings. The molecular formula is C17H26N2O. The van der Waals surface area contributed by atoms with Crippen molar-refractivity contribution in [2.45, 2.75) is 52.5 Å². The van der Waals surface area contributed by atoms with Crippen LogP contribution in [0.1, 0.15) is 56.7 Å². The van der Waals surface area contributed by atoms with Gasteiger partial charge in [-0.15, -0.1) is 0 Å². The van der Waals surface area contributed by atoms with Crippen LogP contribution in [-0.2, 0) is 4.79 Å². The highest BCUT2D eigenvalue weighted by Gasteiger charge is 2.30. The lowest BCUT2D eigenvalue weighted by molar-refractivity contribution is -0.117. The highest BCUT2D eigenvalue weighted by molar-refractivity contribution is 6.02. The highest BCUT2D eigenvalue weighted by Crippen LogP contribution is 2.31. The molecule has 0 aromatic heterocycles. The Bertz CT molecular complexity index is 470. The van der Waals surface area contributed by atoms with Crippen molar-refractivity contribution in [1.82, 2.24) is 5.32 Å². The van der Waals surface area contributed by atoms with Crippen LogP contribution in [0, 0.1) is 12.8 Å². The van der Waals surface area contributed by atoms with E-state index in [1.807, 2.05) is 12.1 Å². The molecule has 0 bridgehead atoms. The number of hydrogen-bond donors (Lipinski definition) is 2. The van der Waals surface area contributed by atoms with E-state index < -0.39 is 0 Å². The first-order valence-electron chi connectivity index (χ1n) is 7.80. The summed E-state index contributed by atoms with van der Waals surface area (Å²) in [4.78, 5) is 12.1. The Morgan fingerprint density at radius 1 is 1.35 bits per heavy atom. The van der Waals surface area contributed by atoms with Gasteiger partial charge in [-0.3, -0.25) is 4.79 Å². The second kappa shape index (κ2) is 6.89. The molecule has 0 fully saturated rings. The van der Waals surface area contributed by atoms with Gasteiger partial charge in [-0.2, -0.15) is 0 Å². The average molecular weight is 274 g/mol. The number of carbonyl (C=O) groups is 1.